The van der Waals surface area contributed by atoms with Gasteiger partial charge < -0.3 is 5.73 Å². The number of piperazine rings is 1. The molecule has 1 fully saturated rings. The number of hydrogen-bond acceptors (Lipinski definition) is 3. The standard InChI is InChI=1S/C17H25N3/c1-14-11-20(12-15(2)19(14)3)13-17-7-4-6-16(10-17)8-5-9-18/h4,6-7,10,14-15H,9,11-13,18H2,1-3H3. The van der Waals surface area contributed by atoms with Gasteiger partial charge in [-0.15, -0.1) is 0 Å². The van der Waals surface area contributed by atoms with Crippen LogP contribution in [0.2, 0.25) is 0 Å². The summed E-state index contributed by atoms with van der Waals surface area (Å²) in [6.07, 6.45) is 0. The fraction of sp³-hybridized carbons (Fsp3) is 0.529. The molecule has 2 atom stereocenters. The molecule has 3 heteroatoms. The molecule has 20 heavy (non-hydrogen) atoms. The van der Waals surface area contributed by atoms with Gasteiger partial charge in [-0.2, -0.15) is 0 Å². The van der Waals surface area contributed by atoms with Gasteiger partial charge in [-0.3, -0.25) is 9.80 Å². The van der Waals surface area contributed by atoms with E-state index in [2.05, 4.69) is 60.7 Å². The van der Waals surface area contributed by atoms with Crippen LogP contribution in [0.25, 0.3) is 0 Å². The van der Waals surface area contributed by atoms with Crippen molar-refractivity contribution in [2.24, 2.45) is 5.73 Å². The fourth-order valence-electron chi connectivity index (χ4n) is 2.80. The highest BCUT2D eigenvalue weighted by molar-refractivity contribution is 5.37. The van der Waals surface area contributed by atoms with Crippen molar-refractivity contribution < 1.29 is 0 Å². The zero-order chi connectivity index (χ0) is 14.5. The Morgan fingerprint density at radius 1 is 1.25 bits per heavy atom. The molecule has 3 nitrogen and oxygen atoms in total. The summed E-state index contributed by atoms with van der Waals surface area (Å²) < 4.78 is 0. The molecule has 1 aliphatic rings. The Labute approximate surface area is 122 Å². The van der Waals surface area contributed by atoms with E-state index in [1.54, 1.807) is 0 Å². The smallest absolute Gasteiger partial charge is 0.0555 e. The third kappa shape index (κ3) is 3.83. The Morgan fingerprint density at radius 3 is 2.60 bits per heavy atom. The summed E-state index contributed by atoms with van der Waals surface area (Å²) in [6, 6.07) is 9.70. The molecule has 1 aliphatic heterocycles. The number of likely N-dealkylation sites (N-methyl/N-ethyl adjacent to an activating group) is 1. The monoisotopic (exact) mass is 271 g/mol. The lowest BCUT2D eigenvalue weighted by molar-refractivity contribution is 0.0556. The van der Waals surface area contributed by atoms with Crippen LogP contribution in [0.4, 0.5) is 0 Å². The molecule has 0 saturated carbocycles. The summed E-state index contributed by atoms with van der Waals surface area (Å²) >= 11 is 0. The van der Waals surface area contributed by atoms with Gasteiger partial charge in [-0.25, -0.2) is 0 Å². The normalized spacial score (nSPS) is 24.2. The molecule has 1 aromatic carbocycles. The van der Waals surface area contributed by atoms with Crippen molar-refractivity contribution in [3.8, 4) is 11.8 Å². The topological polar surface area (TPSA) is 32.5 Å². The van der Waals surface area contributed by atoms with Crippen LogP contribution < -0.4 is 5.73 Å². The predicted molar refractivity (Wildman–Crippen MR) is 84.3 cm³/mol. The second-order valence-corrected chi connectivity index (χ2v) is 5.76. The van der Waals surface area contributed by atoms with Crippen molar-refractivity contribution in [2.45, 2.75) is 32.5 Å². The molecule has 1 aromatic rings. The summed E-state index contributed by atoms with van der Waals surface area (Å²) in [6.45, 7) is 8.26. The SMILES string of the molecule is CC1CN(Cc2cccc(C#CCN)c2)CC(C)N1C. The molecular weight excluding hydrogens is 246 g/mol. The minimum absolute atomic E-state index is 0.414. The van der Waals surface area contributed by atoms with Gasteiger partial charge >= 0.3 is 0 Å². The van der Waals surface area contributed by atoms with Crippen LogP contribution in [0.15, 0.2) is 24.3 Å². The second kappa shape index (κ2) is 6.90. The molecule has 2 rings (SSSR count). The predicted octanol–water partition coefficient (Wildman–Crippen LogP) is 1.52. The Bertz CT molecular complexity index is 488. The van der Waals surface area contributed by atoms with E-state index < -0.39 is 0 Å². The average molecular weight is 271 g/mol. The molecule has 0 radical (unpaired) electrons. The molecule has 108 valence electrons. The van der Waals surface area contributed by atoms with Gasteiger partial charge in [0.2, 0.25) is 0 Å². The highest BCUT2D eigenvalue weighted by Gasteiger charge is 2.26. The van der Waals surface area contributed by atoms with E-state index in [1.807, 2.05) is 6.07 Å². The minimum atomic E-state index is 0.414. The lowest BCUT2D eigenvalue weighted by Crippen LogP contribution is -2.54. The van der Waals surface area contributed by atoms with Crippen molar-refractivity contribution in [1.82, 2.24) is 9.80 Å². The van der Waals surface area contributed by atoms with Gasteiger partial charge in [-0.1, -0.05) is 24.0 Å². The molecule has 1 heterocycles. The van der Waals surface area contributed by atoms with Crippen molar-refractivity contribution in [3.05, 3.63) is 35.4 Å². The zero-order valence-electron chi connectivity index (χ0n) is 12.8. The third-order valence-electron chi connectivity index (χ3n) is 4.10. The van der Waals surface area contributed by atoms with Crippen LogP contribution in [-0.4, -0.2) is 48.6 Å². The lowest BCUT2D eigenvalue weighted by Gasteiger charge is -2.42. The third-order valence-corrected chi connectivity index (χ3v) is 4.10. The van der Waals surface area contributed by atoms with E-state index in [0.29, 0.717) is 18.6 Å². The molecule has 2 unspecified atom stereocenters. The molecule has 0 bridgehead atoms. The van der Waals surface area contributed by atoms with E-state index in [4.69, 9.17) is 5.73 Å². The van der Waals surface area contributed by atoms with Crippen molar-refractivity contribution in [1.29, 1.82) is 0 Å². The maximum absolute atomic E-state index is 5.42. The molecule has 0 aliphatic carbocycles. The second-order valence-electron chi connectivity index (χ2n) is 5.76. The first-order chi connectivity index (χ1) is 9.60. The molecule has 2 N–H and O–H groups in total. The van der Waals surface area contributed by atoms with Gasteiger partial charge in [0, 0.05) is 37.3 Å². The molecule has 0 spiro atoms. The largest absolute Gasteiger partial charge is 0.320 e. The van der Waals surface area contributed by atoms with Gasteiger partial charge in [0.05, 0.1) is 6.54 Å². The van der Waals surface area contributed by atoms with Gasteiger partial charge in [-0.05, 0) is 38.6 Å². The number of hydrogen-bond donors (Lipinski definition) is 1. The molecule has 0 amide bonds. The van der Waals surface area contributed by atoms with Gasteiger partial charge in [0.25, 0.3) is 0 Å². The summed E-state index contributed by atoms with van der Waals surface area (Å²) in [4.78, 5) is 4.99. The average Bonchev–Trinajstić information content (AvgIpc) is 2.43. The van der Waals surface area contributed by atoms with Crippen LogP contribution in [0.5, 0.6) is 0 Å². The van der Waals surface area contributed by atoms with E-state index >= 15 is 0 Å². The maximum Gasteiger partial charge on any atom is 0.0555 e. The first kappa shape index (κ1) is 15.1. The van der Waals surface area contributed by atoms with Crippen LogP contribution >= 0.6 is 0 Å². The summed E-state index contributed by atoms with van der Waals surface area (Å²) in [5, 5.41) is 0. The van der Waals surface area contributed by atoms with Crippen LogP contribution in [0.1, 0.15) is 25.0 Å². The summed E-state index contributed by atoms with van der Waals surface area (Å²) in [5.41, 5.74) is 7.81. The van der Waals surface area contributed by atoms with E-state index in [1.165, 1.54) is 5.56 Å². The highest BCUT2D eigenvalue weighted by atomic mass is 15.3. The summed E-state index contributed by atoms with van der Waals surface area (Å²) in [7, 11) is 2.22. The molecular formula is C17H25N3. The van der Waals surface area contributed by atoms with E-state index in [0.717, 1.165) is 25.2 Å². The van der Waals surface area contributed by atoms with E-state index in [9.17, 15) is 0 Å². The van der Waals surface area contributed by atoms with E-state index in [-0.39, 0.29) is 0 Å². The van der Waals surface area contributed by atoms with Gasteiger partial charge in [0.1, 0.15) is 0 Å². The maximum atomic E-state index is 5.42. The lowest BCUT2D eigenvalue weighted by atomic mass is 10.1. The Kier molecular flexibility index (Phi) is 5.19. The van der Waals surface area contributed by atoms with Crippen molar-refractivity contribution in [3.63, 3.8) is 0 Å². The number of nitrogens with zero attached hydrogens (tertiary/aromatic N) is 2. The van der Waals surface area contributed by atoms with Gasteiger partial charge in [0.15, 0.2) is 0 Å². The number of benzene rings is 1. The van der Waals surface area contributed by atoms with Crippen LogP contribution in [0, 0.1) is 11.8 Å². The number of nitrogens with two attached hydrogens (primary N) is 1. The molecule has 0 aromatic heterocycles. The Balaban J connectivity index is 2.03. The van der Waals surface area contributed by atoms with Crippen molar-refractivity contribution in [2.75, 3.05) is 26.7 Å². The first-order valence-corrected chi connectivity index (χ1v) is 7.32. The highest BCUT2D eigenvalue weighted by Crippen LogP contribution is 2.16. The summed E-state index contributed by atoms with van der Waals surface area (Å²) in [5.74, 6) is 6.02. The van der Waals surface area contributed by atoms with Crippen LogP contribution in [-0.2, 0) is 6.54 Å². The van der Waals surface area contributed by atoms with Crippen molar-refractivity contribution >= 4 is 0 Å². The Morgan fingerprint density at radius 2 is 1.95 bits per heavy atom. The first-order valence-electron chi connectivity index (χ1n) is 7.32. The van der Waals surface area contributed by atoms with Crippen LogP contribution in [0.3, 0.4) is 0 Å². The minimum Gasteiger partial charge on any atom is -0.320 e. The Hall–Kier alpha value is -1.34. The molecule has 1 saturated heterocycles. The fourth-order valence-corrected chi connectivity index (χ4v) is 2.80. The zero-order valence-corrected chi connectivity index (χ0v) is 12.8. The quantitative estimate of drug-likeness (QED) is 0.828. The number of rotatable bonds is 2.